The van der Waals surface area contributed by atoms with Gasteiger partial charge in [-0.3, -0.25) is 4.79 Å². The van der Waals surface area contributed by atoms with Gasteiger partial charge in [0, 0.05) is 18.2 Å². The molecule has 3 heteroatoms. The van der Waals surface area contributed by atoms with Crippen LogP contribution in [0.25, 0.3) is 0 Å². The van der Waals surface area contributed by atoms with Gasteiger partial charge in [-0.05, 0) is 63.1 Å². The predicted molar refractivity (Wildman–Crippen MR) is 96.7 cm³/mol. The third-order valence-corrected chi connectivity index (χ3v) is 4.36. The Labute approximate surface area is 144 Å². The Bertz CT molecular complexity index is 686. The van der Waals surface area contributed by atoms with E-state index in [-0.39, 0.29) is 11.9 Å². The SMILES string of the molecule is CCC(C)Oc1ccc(C(=O)c2cccc(C(C)(C)OC)c2)cc1. The van der Waals surface area contributed by atoms with Crippen LogP contribution in [-0.4, -0.2) is 19.0 Å². The second-order valence-electron chi connectivity index (χ2n) is 6.49. The van der Waals surface area contributed by atoms with Crippen LogP contribution in [0.15, 0.2) is 48.5 Å². The van der Waals surface area contributed by atoms with Crippen LogP contribution in [0.2, 0.25) is 0 Å². The number of ketones is 1. The fourth-order valence-electron chi connectivity index (χ4n) is 2.32. The number of benzene rings is 2. The summed E-state index contributed by atoms with van der Waals surface area (Å²) in [5, 5.41) is 0. The van der Waals surface area contributed by atoms with Crippen molar-refractivity contribution in [2.24, 2.45) is 0 Å². The molecule has 1 atom stereocenters. The van der Waals surface area contributed by atoms with E-state index in [0.29, 0.717) is 11.1 Å². The average molecular weight is 326 g/mol. The fraction of sp³-hybridized carbons (Fsp3) is 0.381. The molecule has 2 aromatic rings. The highest BCUT2D eigenvalue weighted by Crippen LogP contribution is 2.25. The van der Waals surface area contributed by atoms with Gasteiger partial charge in [-0.25, -0.2) is 0 Å². The lowest BCUT2D eigenvalue weighted by molar-refractivity contribution is 0.0192. The quantitative estimate of drug-likeness (QED) is 0.673. The molecule has 0 radical (unpaired) electrons. The summed E-state index contributed by atoms with van der Waals surface area (Å²) in [6.07, 6.45) is 1.11. The van der Waals surface area contributed by atoms with Crippen molar-refractivity contribution >= 4 is 5.78 Å². The summed E-state index contributed by atoms with van der Waals surface area (Å²) < 4.78 is 11.3. The van der Waals surface area contributed by atoms with Gasteiger partial charge in [0.05, 0.1) is 11.7 Å². The third kappa shape index (κ3) is 4.24. The first kappa shape index (κ1) is 18.2. The molecule has 0 bridgehead atoms. The molecule has 0 aliphatic rings. The van der Waals surface area contributed by atoms with Crippen molar-refractivity contribution in [3.05, 3.63) is 65.2 Å². The topological polar surface area (TPSA) is 35.5 Å². The van der Waals surface area contributed by atoms with E-state index in [2.05, 4.69) is 6.92 Å². The molecule has 0 spiro atoms. The van der Waals surface area contributed by atoms with E-state index < -0.39 is 5.60 Å². The largest absolute Gasteiger partial charge is 0.491 e. The highest BCUT2D eigenvalue weighted by Gasteiger charge is 2.21. The molecule has 24 heavy (non-hydrogen) atoms. The van der Waals surface area contributed by atoms with Crippen molar-refractivity contribution in [3.8, 4) is 5.75 Å². The first-order chi connectivity index (χ1) is 11.4. The molecule has 0 saturated carbocycles. The Morgan fingerprint density at radius 3 is 2.33 bits per heavy atom. The Morgan fingerprint density at radius 1 is 1.08 bits per heavy atom. The summed E-state index contributed by atoms with van der Waals surface area (Å²) in [6.45, 7) is 8.08. The number of ether oxygens (including phenoxy) is 2. The zero-order chi connectivity index (χ0) is 17.7. The minimum atomic E-state index is -0.426. The van der Waals surface area contributed by atoms with E-state index in [9.17, 15) is 4.79 Å². The van der Waals surface area contributed by atoms with Crippen LogP contribution in [-0.2, 0) is 10.3 Å². The van der Waals surface area contributed by atoms with Gasteiger partial charge >= 0.3 is 0 Å². The fourth-order valence-corrected chi connectivity index (χ4v) is 2.32. The van der Waals surface area contributed by atoms with E-state index in [1.54, 1.807) is 7.11 Å². The van der Waals surface area contributed by atoms with Crippen molar-refractivity contribution in [2.45, 2.75) is 45.8 Å². The maximum absolute atomic E-state index is 12.7. The number of hydrogen-bond acceptors (Lipinski definition) is 3. The molecule has 0 fully saturated rings. The van der Waals surface area contributed by atoms with E-state index in [0.717, 1.165) is 17.7 Å². The molecule has 1 unspecified atom stereocenters. The van der Waals surface area contributed by atoms with Gasteiger partial charge < -0.3 is 9.47 Å². The van der Waals surface area contributed by atoms with Gasteiger partial charge in [0.1, 0.15) is 5.75 Å². The van der Waals surface area contributed by atoms with Crippen LogP contribution in [0, 0.1) is 0 Å². The molecular formula is C21H26O3. The number of rotatable bonds is 7. The summed E-state index contributed by atoms with van der Waals surface area (Å²) in [7, 11) is 1.67. The molecule has 128 valence electrons. The lowest BCUT2D eigenvalue weighted by Gasteiger charge is -2.23. The van der Waals surface area contributed by atoms with E-state index >= 15 is 0 Å². The molecule has 0 amide bonds. The minimum Gasteiger partial charge on any atom is -0.491 e. The third-order valence-electron chi connectivity index (χ3n) is 4.36. The molecule has 2 rings (SSSR count). The summed E-state index contributed by atoms with van der Waals surface area (Å²) >= 11 is 0. The van der Waals surface area contributed by atoms with Crippen LogP contribution in [0.4, 0.5) is 0 Å². The van der Waals surface area contributed by atoms with Crippen molar-refractivity contribution in [1.29, 1.82) is 0 Å². The van der Waals surface area contributed by atoms with Crippen LogP contribution in [0.3, 0.4) is 0 Å². The van der Waals surface area contributed by atoms with E-state index in [1.165, 1.54) is 0 Å². The summed E-state index contributed by atoms with van der Waals surface area (Å²) in [6, 6.07) is 14.9. The zero-order valence-corrected chi connectivity index (χ0v) is 15.1. The van der Waals surface area contributed by atoms with Crippen molar-refractivity contribution in [3.63, 3.8) is 0 Å². The predicted octanol–water partition coefficient (Wildman–Crippen LogP) is 4.98. The van der Waals surface area contributed by atoms with Crippen LogP contribution in [0.1, 0.15) is 55.6 Å². The standard InChI is InChI=1S/C21H26O3/c1-6-15(2)24-19-12-10-16(11-13-19)20(22)17-8-7-9-18(14-17)21(3,4)23-5/h7-15H,6H2,1-5H3. The summed E-state index contributed by atoms with van der Waals surface area (Å²) in [5.74, 6) is 0.786. The molecule has 2 aromatic carbocycles. The molecule has 0 N–H and O–H groups in total. The van der Waals surface area contributed by atoms with Crippen molar-refractivity contribution in [1.82, 2.24) is 0 Å². The van der Waals surface area contributed by atoms with Crippen LogP contribution in [0.5, 0.6) is 5.75 Å². The van der Waals surface area contributed by atoms with Gasteiger partial charge in [-0.1, -0.05) is 25.1 Å². The molecule has 0 aromatic heterocycles. The lowest BCUT2D eigenvalue weighted by atomic mass is 9.93. The normalized spacial score (nSPS) is 12.7. The highest BCUT2D eigenvalue weighted by atomic mass is 16.5. The summed E-state index contributed by atoms with van der Waals surface area (Å²) in [4.78, 5) is 12.7. The van der Waals surface area contributed by atoms with E-state index in [1.807, 2.05) is 69.3 Å². The van der Waals surface area contributed by atoms with Gasteiger partial charge in [-0.2, -0.15) is 0 Å². The zero-order valence-electron chi connectivity index (χ0n) is 15.1. The Balaban J connectivity index is 2.21. The maximum atomic E-state index is 12.7. The van der Waals surface area contributed by atoms with Crippen LogP contribution >= 0.6 is 0 Å². The maximum Gasteiger partial charge on any atom is 0.193 e. The molecule has 0 aliphatic heterocycles. The molecular weight excluding hydrogens is 300 g/mol. The van der Waals surface area contributed by atoms with Gasteiger partial charge in [0.15, 0.2) is 5.78 Å². The second kappa shape index (κ2) is 7.63. The summed E-state index contributed by atoms with van der Waals surface area (Å²) in [5.41, 5.74) is 1.87. The number of methoxy groups -OCH3 is 1. The Kier molecular flexibility index (Phi) is 5.79. The lowest BCUT2D eigenvalue weighted by Crippen LogP contribution is -2.19. The van der Waals surface area contributed by atoms with Gasteiger partial charge in [-0.15, -0.1) is 0 Å². The number of hydrogen-bond donors (Lipinski definition) is 0. The van der Waals surface area contributed by atoms with E-state index in [4.69, 9.17) is 9.47 Å². The van der Waals surface area contributed by atoms with Crippen molar-refractivity contribution in [2.75, 3.05) is 7.11 Å². The highest BCUT2D eigenvalue weighted by molar-refractivity contribution is 6.09. The molecule has 0 aliphatic carbocycles. The Hall–Kier alpha value is -2.13. The minimum absolute atomic E-state index is 0.00107. The van der Waals surface area contributed by atoms with Gasteiger partial charge in [0.2, 0.25) is 0 Å². The molecule has 0 heterocycles. The number of carbonyl (C=O) groups excluding carboxylic acids is 1. The molecule has 0 saturated heterocycles. The molecule has 3 nitrogen and oxygen atoms in total. The first-order valence-electron chi connectivity index (χ1n) is 8.34. The monoisotopic (exact) mass is 326 g/mol. The van der Waals surface area contributed by atoms with Crippen LogP contribution < -0.4 is 4.74 Å². The van der Waals surface area contributed by atoms with Gasteiger partial charge in [0.25, 0.3) is 0 Å². The number of carbonyl (C=O) groups is 1. The average Bonchev–Trinajstić information content (AvgIpc) is 2.61. The smallest absolute Gasteiger partial charge is 0.193 e. The Morgan fingerprint density at radius 2 is 1.75 bits per heavy atom. The second-order valence-corrected chi connectivity index (χ2v) is 6.49. The van der Waals surface area contributed by atoms with Crippen molar-refractivity contribution < 1.29 is 14.3 Å². The first-order valence-corrected chi connectivity index (χ1v) is 8.34.